The second-order valence-corrected chi connectivity index (χ2v) is 6.08. The summed E-state index contributed by atoms with van der Waals surface area (Å²) in [6, 6.07) is 6.02. The fourth-order valence-electron chi connectivity index (χ4n) is 2.88. The number of nitrogens with one attached hydrogen (secondary N) is 2. The summed E-state index contributed by atoms with van der Waals surface area (Å²) >= 11 is 0. The third kappa shape index (κ3) is 4.50. The molecular formula is C18H21FN4O. The average Bonchev–Trinajstić information content (AvgIpc) is 2.86. The summed E-state index contributed by atoms with van der Waals surface area (Å²) in [5, 5.41) is 6.06. The first-order chi connectivity index (χ1) is 11.7. The first-order valence-corrected chi connectivity index (χ1v) is 8.36. The van der Waals surface area contributed by atoms with E-state index in [1.54, 1.807) is 6.20 Å². The molecule has 24 heavy (non-hydrogen) atoms. The Balaban J connectivity index is 1.58. The Morgan fingerprint density at radius 3 is 2.33 bits per heavy atom. The van der Waals surface area contributed by atoms with Gasteiger partial charge in [0.05, 0.1) is 12.4 Å². The van der Waals surface area contributed by atoms with Crippen molar-refractivity contribution in [3.63, 3.8) is 0 Å². The van der Waals surface area contributed by atoms with Gasteiger partial charge in [-0.2, -0.15) is 0 Å². The van der Waals surface area contributed by atoms with E-state index in [2.05, 4.69) is 20.6 Å². The summed E-state index contributed by atoms with van der Waals surface area (Å²) in [7, 11) is 0. The molecule has 2 N–H and O–H groups in total. The Labute approximate surface area is 140 Å². The quantitative estimate of drug-likeness (QED) is 0.833. The van der Waals surface area contributed by atoms with Gasteiger partial charge in [0.2, 0.25) is 0 Å². The van der Waals surface area contributed by atoms with E-state index in [1.165, 1.54) is 56.1 Å². The van der Waals surface area contributed by atoms with Gasteiger partial charge in [-0.1, -0.05) is 25.7 Å². The molecule has 1 fully saturated rings. The zero-order valence-corrected chi connectivity index (χ0v) is 13.5. The maximum atomic E-state index is 12.9. The van der Waals surface area contributed by atoms with Gasteiger partial charge in [-0.3, -0.25) is 4.79 Å². The monoisotopic (exact) mass is 328 g/mol. The van der Waals surface area contributed by atoms with Crippen molar-refractivity contribution in [1.82, 2.24) is 9.97 Å². The molecule has 0 saturated heterocycles. The number of amides is 1. The molecule has 5 nitrogen and oxygen atoms in total. The van der Waals surface area contributed by atoms with E-state index in [4.69, 9.17) is 0 Å². The minimum atomic E-state index is -0.366. The van der Waals surface area contributed by atoms with E-state index in [9.17, 15) is 9.18 Å². The summed E-state index contributed by atoms with van der Waals surface area (Å²) in [5.41, 5.74) is 0.745. The lowest BCUT2D eigenvalue weighted by molar-refractivity contribution is 0.102. The third-order valence-electron chi connectivity index (χ3n) is 4.19. The van der Waals surface area contributed by atoms with Crippen LogP contribution in [0.1, 0.15) is 49.0 Å². The summed E-state index contributed by atoms with van der Waals surface area (Å²) < 4.78 is 12.9. The SMILES string of the molecule is O=C(Nc1ccc(F)cc1)c1cnc(NC2CCCCCC2)cn1. The highest BCUT2D eigenvalue weighted by Crippen LogP contribution is 2.20. The summed E-state index contributed by atoms with van der Waals surface area (Å²) in [4.78, 5) is 20.6. The predicted octanol–water partition coefficient (Wildman–Crippen LogP) is 4.00. The Bertz CT molecular complexity index is 664. The maximum Gasteiger partial charge on any atom is 0.275 e. The second kappa shape index (κ2) is 7.86. The average molecular weight is 328 g/mol. The summed E-state index contributed by atoms with van der Waals surface area (Å²) in [5.74, 6) is -0.0166. The predicted molar refractivity (Wildman–Crippen MR) is 91.5 cm³/mol. The zero-order valence-electron chi connectivity index (χ0n) is 13.5. The molecule has 1 aliphatic rings. The van der Waals surface area contributed by atoms with Gasteiger partial charge in [0.25, 0.3) is 5.91 Å². The number of halogens is 1. The molecule has 0 bridgehead atoms. The van der Waals surface area contributed by atoms with Crippen LogP contribution in [0.5, 0.6) is 0 Å². The van der Waals surface area contributed by atoms with Crippen molar-refractivity contribution in [3.8, 4) is 0 Å². The van der Waals surface area contributed by atoms with Crippen molar-refractivity contribution in [3.05, 3.63) is 48.2 Å². The number of carbonyl (C=O) groups excluding carboxylic acids is 1. The van der Waals surface area contributed by atoms with Crippen LogP contribution in [-0.2, 0) is 0 Å². The van der Waals surface area contributed by atoms with Crippen LogP contribution in [0.2, 0.25) is 0 Å². The molecule has 2 aromatic rings. The molecule has 1 aromatic carbocycles. The Kier molecular flexibility index (Phi) is 5.36. The fraction of sp³-hybridized carbons (Fsp3) is 0.389. The Morgan fingerprint density at radius 1 is 1.00 bits per heavy atom. The highest BCUT2D eigenvalue weighted by atomic mass is 19.1. The molecule has 1 aromatic heterocycles. The largest absolute Gasteiger partial charge is 0.366 e. The lowest BCUT2D eigenvalue weighted by atomic mass is 10.1. The molecule has 1 saturated carbocycles. The lowest BCUT2D eigenvalue weighted by Gasteiger charge is -2.16. The van der Waals surface area contributed by atoms with Crippen molar-refractivity contribution < 1.29 is 9.18 Å². The number of benzene rings is 1. The highest BCUT2D eigenvalue weighted by molar-refractivity contribution is 6.02. The van der Waals surface area contributed by atoms with Gasteiger partial charge >= 0.3 is 0 Å². The van der Waals surface area contributed by atoms with Crippen LogP contribution in [0.25, 0.3) is 0 Å². The fourth-order valence-corrected chi connectivity index (χ4v) is 2.88. The molecule has 1 amide bonds. The van der Waals surface area contributed by atoms with Crippen molar-refractivity contribution in [2.45, 2.75) is 44.6 Å². The van der Waals surface area contributed by atoms with E-state index in [-0.39, 0.29) is 17.4 Å². The molecule has 1 heterocycles. The van der Waals surface area contributed by atoms with Crippen LogP contribution in [0.15, 0.2) is 36.7 Å². The number of rotatable bonds is 4. The van der Waals surface area contributed by atoms with Gasteiger partial charge < -0.3 is 10.6 Å². The van der Waals surface area contributed by atoms with Gasteiger partial charge in [0.15, 0.2) is 0 Å². The molecular weight excluding hydrogens is 307 g/mol. The number of aromatic nitrogens is 2. The van der Waals surface area contributed by atoms with Gasteiger partial charge in [-0.25, -0.2) is 14.4 Å². The number of hydrogen-bond acceptors (Lipinski definition) is 4. The molecule has 0 aliphatic heterocycles. The van der Waals surface area contributed by atoms with Gasteiger partial charge in [0, 0.05) is 11.7 Å². The van der Waals surface area contributed by atoms with Gasteiger partial charge in [0.1, 0.15) is 17.3 Å². The number of anilines is 2. The molecule has 3 rings (SSSR count). The van der Waals surface area contributed by atoms with E-state index < -0.39 is 0 Å². The first-order valence-electron chi connectivity index (χ1n) is 8.36. The van der Waals surface area contributed by atoms with E-state index >= 15 is 0 Å². The third-order valence-corrected chi connectivity index (χ3v) is 4.19. The molecule has 126 valence electrons. The van der Waals surface area contributed by atoms with Crippen LogP contribution in [0.3, 0.4) is 0 Å². The lowest BCUT2D eigenvalue weighted by Crippen LogP contribution is -2.20. The highest BCUT2D eigenvalue weighted by Gasteiger charge is 2.13. The van der Waals surface area contributed by atoms with Crippen molar-refractivity contribution in [1.29, 1.82) is 0 Å². The molecule has 0 atom stereocenters. The molecule has 0 radical (unpaired) electrons. The number of nitrogens with zero attached hydrogens (tertiary/aromatic N) is 2. The smallest absolute Gasteiger partial charge is 0.275 e. The molecule has 1 aliphatic carbocycles. The summed E-state index contributed by atoms with van der Waals surface area (Å²) in [6.45, 7) is 0. The number of hydrogen-bond donors (Lipinski definition) is 2. The van der Waals surface area contributed by atoms with Crippen LogP contribution in [0, 0.1) is 5.82 Å². The van der Waals surface area contributed by atoms with Crippen LogP contribution in [-0.4, -0.2) is 21.9 Å². The maximum absolute atomic E-state index is 12.9. The first kappa shape index (κ1) is 16.4. The molecule has 6 heteroatoms. The normalized spacial score (nSPS) is 15.5. The van der Waals surface area contributed by atoms with Crippen molar-refractivity contribution in [2.75, 3.05) is 10.6 Å². The second-order valence-electron chi connectivity index (χ2n) is 6.08. The molecule has 0 unspecified atom stereocenters. The summed E-state index contributed by atoms with van der Waals surface area (Å²) in [6.07, 6.45) is 10.4. The van der Waals surface area contributed by atoms with E-state index in [0.29, 0.717) is 17.5 Å². The van der Waals surface area contributed by atoms with E-state index in [1.807, 2.05) is 0 Å². The topological polar surface area (TPSA) is 66.9 Å². The van der Waals surface area contributed by atoms with Gasteiger partial charge in [-0.15, -0.1) is 0 Å². The minimum absolute atomic E-state index is 0.228. The van der Waals surface area contributed by atoms with Crippen LogP contribution in [0.4, 0.5) is 15.9 Å². The zero-order chi connectivity index (χ0) is 16.8. The Hall–Kier alpha value is -2.50. The standard InChI is InChI=1S/C18H21FN4O/c19-13-7-9-15(10-8-13)23-18(24)16-11-21-17(12-20-16)22-14-5-3-1-2-4-6-14/h7-12,14H,1-6H2,(H,21,22)(H,23,24). The number of carbonyl (C=O) groups is 1. The van der Waals surface area contributed by atoms with E-state index in [0.717, 1.165) is 12.8 Å². The van der Waals surface area contributed by atoms with Crippen molar-refractivity contribution >= 4 is 17.4 Å². The minimum Gasteiger partial charge on any atom is -0.366 e. The van der Waals surface area contributed by atoms with Crippen molar-refractivity contribution in [2.24, 2.45) is 0 Å². The molecule has 0 spiro atoms. The van der Waals surface area contributed by atoms with Crippen LogP contribution < -0.4 is 10.6 Å². The van der Waals surface area contributed by atoms with Gasteiger partial charge in [-0.05, 0) is 37.1 Å². The van der Waals surface area contributed by atoms with Crippen LogP contribution >= 0.6 is 0 Å². The Morgan fingerprint density at radius 2 is 1.71 bits per heavy atom.